The van der Waals surface area contributed by atoms with Gasteiger partial charge >= 0.3 is 5.97 Å². The predicted octanol–water partition coefficient (Wildman–Crippen LogP) is 5.72. The van der Waals surface area contributed by atoms with Gasteiger partial charge in [0.15, 0.2) is 0 Å². The summed E-state index contributed by atoms with van der Waals surface area (Å²) in [7, 11) is 0. The molecule has 1 aromatic heterocycles. The van der Waals surface area contributed by atoms with E-state index >= 15 is 0 Å². The summed E-state index contributed by atoms with van der Waals surface area (Å²) < 4.78 is 21.9. The van der Waals surface area contributed by atoms with Crippen molar-refractivity contribution in [2.75, 3.05) is 6.61 Å². The van der Waals surface area contributed by atoms with Gasteiger partial charge in [-0.25, -0.2) is 9.37 Å². The number of imidazole rings is 1. The number of aliphatic carboxylic acids is 1. The Morgan fingerprint density at radius 1 is 1.20 bits per heavy atom. The number of rotatable bonds is 10. The highest BCUT2D eigenvalue weighted by Crippen LogP contribution is 2.27. The summed E-state index contributed by atoms with van der Waals surface area (Å²) in [6.07, 6.45) is 4.19. The minimum atomic E-state index is -0.770. The fraction of sp³-hybridized carbons (Fsp3) is 0.304. The van der Waals surface area contributed by atoms with Crippen LogP contribution in [0.15, 0.2) is 48.7 Å². The van der Waals surface area contributed by atoms with Crippen molar-refractivity contribution in [3.05, 3.63) is 70.8 Å². The van der Waals surface area contributed by atoms with E-state index in [-0.39, 0.29) is 11.4 Å². The zero-order valence-corrected chi connectivity index (χ0v) is 17.5. The van der Waals surface area contributed by atoms with Gasteiger partial charge < -0.3 is 14.4 Å². The number of carbonyl (C=O) groups is 1. The molecule has 7 heteroatoms. The number of ether oxygens (including phenoxy) is 1. The van der Waals surface area contributed by atoms with Gasteiger partial charge in [-0.15, -0.1) is 0 Å². The van der Waals surface area contributed by atoms with Crippen molar-refractivity contribution in [3.63, 3.8) is 0 Å². The molecule has 1 N–H and O–H groups in total. The molecule has 0 saturated heterocycles. The van der Waals surface area contributed by atoms with Crippen molar-refractivity contribution in [2.24, 2.45) is 0 Å². The molecule has 0 radical (unpaired) electrons. The Labute approximate surface area is 180 Å². The molecule has 0 amide bonds. The van der Waals surface area contributed by atoms with Gasteiger partial charge in [0, 0.05) is 29.4 Å². The minimum Gasteiger partial charge on any atom is -0.493 e. The fourth-order valence-corrected chi connectivity index (χ4v) is 3.33. The first-order chi connectivity index (χ1) is 14.5. The van der Waals surface area contributed by atoms with E-state index in [0.29, 0.717) is 31.0 Å². The van der Waals surface area contributed by atoms with E-state index in [1.807, 2.05) is 35.8 Å². The normalized spacial score (nSPS) is 10.9. The summed E-state index contributed by atoms with van der Waals surface area (Å²) in [5, 5.41) is 8.78. The summed E-state index contributed by atoms with van der Waals surface area (Å²) in [5.41, 5.74) is 2.59. The molecule has 3 aromatic rings. The van der Waals surface area contributed by atoms with Gasteiger partial charge in [0.2, 0.25) is 0 Å². The van der Waals surface area contributed by atoms with Crippen LogP contribution in [0.2, 0.25) is 5.02 Å². The monoisotopic (exact) mass is 430 g/mol. The number of hydrogen-bond donors (Lipinski definition) is 1. The second kappa shape index (κ2) is 10.3. The highest BCUT2D eigenvalue weighted by molar-refractivity contribution is 6.30. The van der Waals surface area contributed by atoms with Gasteiger partial charge in [-0.1, -0.05) is 29.8 Å². The van der Waals surface area contributed by atoms with Crippen molar-refractivity contribution in [3.8, 4) is 17.1 Å². The van der Waals surface area contributed by atoms with Gasteiger partial charge in [0.05, 0.1) is 18.2 Å². The quantitative estimate of drug-likeness (QED) is 0.417. The predicted molar refractivity (Wildman–Crippen MR) is 115 cm³/mol. The van der Waals surface area contributed by atoms with Crippen LogP contribution < -0.4 is 4.74 Å². The molecular weight excluding hydrogens is 407 g/mol. The Morgan fingerprint density at radius 3 is 2.77 bits per heavy atom. The Bertz CT molecular complexity index is 1020. The summed E-state index contributed by atoms with van der Waals surface area (Å²) in [5.74, 6) is 0.185. The molecule has 0 saturated carbocycles. The van der Waals surface area contributed by atoms with E-state index in [2.05, 4.69) is 4.98 Å². The third-order valence-electron chi connectivity index (χ3n) is 4.83. The molecule has 0 aliphatic carbocycles. The molecule has 5 nitrogen and oxygen atoms in total. The number of aromatic nitrogens is 2. The number of halogens is 2. The lowest BCUT2D eigenvalue weighted by Crippen LogP contribution is -2.07. The van der Waals surface area contributed by atoms with Crippen LogP contribution in [0.1, 0.15) is 36.9 Å². The Balaban J connectivity index is 1.72. The highest BCUT2D eigenvalue weighted by Gasteiger charge is 2.14. The molecule has 0 aliphatic rings. The first-order valence-corrected chi connectivity index (χ1v) is 10.2. The number of unbranched alkanes of at least 4 members (excludes halogenated alkanes) is 2. The summed E-state index contributed by atoms with van der Waals surface area (Å²) in [6.45, 7) is 3.00. The highest BCUT2D eigenvalue weighted by atomic mass is 35.5. The molecule has 1 heterocycles. The molecule has 3 rings (SSSR count). The number of para-hydroxylation sites is 1. The average molecular weight is 431 g/mol. The third-order valence-corrected chi connectivity index (χ3v) is 5.13. The van der Waals surface area contributed by atoms with Crippen LogP contribution in [0, 0.1) is 12.7 Å². The zero-order valence-electron chi connectivity index (χ0n) is 16.8. The first-order valence-electron chi connectivity index (χ1n) is 9.85. The van der Waals surface area contributed by atoms with Crippen LogP contribution in [-0.2, 0) is 11.3 Å². The van der Waals surface area contributed by atoms with Gasteiger partial charge in [0.25, 0.3) is 0 Å². The van der Waals surface area contributed by atoms with Crippen LogP contribution in [0.4, 0.5) is 4.39 Å². The van der Waals surface area contributed by atoms with Crippen molar-refractivity contribution in [1.29, 1.82) is 0 Å². The first kappa shape index (κ1) is 21.8. The largest absolute Gasteiger partial charge is 0.493 e. The summed E-state index contributed by atoms with van der Waals surface area (Å²) in [6, 6.07) is 12.4. The second-order valence-corrected chi connectivity index (χ2v) is 7.51. The summed E-state index contributed by atoms with van der Waals surface area (Å²) >= 11 is 5.81. The Kier molecular flexibility index (Phi) is 7.46. The molecular formula is C23H24ClFN2O3. The van der Waals surface area contributed by atoms with Crippen LogP contribution in [-0.4, -0.2) is 27.2 Å². The topological polar surface area (TPSA) is 64.4 Å². The van der Waals surface area contributed by atoms with E-state index in [0.717, 1.165) is 29.8 Å². The smallest absolute Gasteiger partial charge is 0.303 e. The van der Waals surface area contributed by atoms with Crippen LogP contribution in [0.5, 0.6) is 5.75 Å². The van der Waals surface area contributed by atoms with E-state index in [1.54, 1.807) is 12.3 Å². The molecule has 158 valence electrons. The number of hydrogen-bond acceptors (Lipinski definition) is 3. The van der Waals surface area contributed by atoms with Crippen LogP contribution in [0.25, 0.3) is 11.4 Å². The minimum absolute atomic E-state index is 0.0793. The third kappa shape index (κ3) is 5.60. The molecule has 30 heavy (non-hydrogen) atoms. The Morgan fingerprint density at radius 2 is 2.00 bits per heavy atom. The molecule has 0 unspecified atom stereocenters. The van der Waals surface area contributed by atoms with Crippen molar-refractivity contribution < 1.29 is 19.0 Å². The van der Waals surface area contributed by atoms with Gasteiger partial charge in [-0.05, 0) is 50.5 Å². The average Bonchev–Trinajstić information content (AvgIpc) is 3.08. The summed E-state index contributed by atoms with van der Waals surface area (Å²) in [4.78, 5) is 15.0. The van der Waals surface area contributed by atoms with Crippen molar-refractivity contribution >= 4 is 17.6 Å². The van der Waals surface area contributed by atoms with Crippen molar-refractivity contribution in [2.45, 2.75) is 39.2 Å². The number of nitrogens with zero attached hydrogens (tertiary/aromatic N) is 2. The lowest BCUT2D eigenvalue weighted by Gasteiger charge is -2.15. The SMILES string of the molecule is Cc1cnc(-c2ccc(Cl)c(F)c2)n1Cc1ccccc1OCCCCCC(=O)O. The van der Waals surface area contributed by atoms with Gasteiger partial charge in [-0.3, -0.25) is 4.79 Å². The number of carboxylic acid groups (broad SMARTS) is 1. The van der Waals surface area contributed by atoms with Gasteiger partial charge in [-0.2, -0.15) is 0 Å². The van der Waals surface area contributed by atoms with E-state index in [1.165, 1.54) is 12.1 Å². The van der Waals surface area contributed by atoms with E-state index < -0.39 is 11.8 Å². The number of carboxylic acids is 1. The standard InChI is InChI=1S/C23H24ClFN2O3/c1-16-14-26-23(17-10-11-19(24)20(25)13-17)27(16)15-18-7-4-5-8-21(18)30-12-6-2-3-9-22(28)29/h4-5,7-8,10-11,13-14H,2-3,6,9,12,15H2,1H3,(H,28,29). The van der Waals surface area contributed by atoms with Gasteiger partial charge in [0.1, 0.15) is 17.4 Å². The number of benzene rings is 2. The van der Waals surface area contributed by atoms with Crippen molar-refractivity contribution in [1.82, 2.24) is 9.55 Å². The molecule has 2 aromatic carbocycles. The molecule has 0 fully saturated rings. The molecule has 0 spiro atoms. The second-order valence-electron chi connectivity index (χ2n) is 7.10. The van der Waals surface area contributed by atoms with E-state index in [9.17, 15) is 9.18 Å². The number of aryl methyl sites for hydroxylation is 1. The van der Waals surface area contributed by atoms with Crippen LogP contribution in [0.3, 0.4) is 0 Å². The lowest BCUT2D eigenvalue weighted by molar-refractivity contribution is -0.137. The zero-order chi connectivity index (χ0) is 21.5. The molecule has 0 aliphatic heterocycles. The maximum Gasteiger partial charge on any atom is 0.303 e. The molecule has 0 bridgehead atoms. The molecule has 0 atom stereocenters. The van der Waals surface area contributed by atoms with E-state index in [4.69, 9.17) is 21.4 Å². The fourth-order valence-electron chi connectivity index (χ4n) is 3.21. The van der Waals surface area contributed by atoms with Crippen LogP contribution >= 0.6 is 11.6 Å². The maximum atomic E-state index is 13.9. The maximum absolute atomic E-state index is 13.9. The lowest BCUT2D eigenvalue weighted by atomic mass is 10.1. The Hall–Kier alpha value is -2.86.